The lowest BCUT2D eigenvalue weighted by Crippen LogP contribution is -2.19. The van der Waals surface area contributed by atoms with Gasteiger partial charge in [-0.25, -0.2) is 4.21 Å². The molecule has 9 heavy (non-hydrogen) atoms. The second-order valence-electron chi connectivity index (χ2n) is 1.33. The summed E-state index contributed by atoms with van der Waals surface area (Å²) in [7, 11) is 0. The Morgan fingerprint density at radius 3 is 2.11 bits per heavy atom. The molecule has 1 N–H and O–H groups in total. The summed E-state index contributed by atoms with van der Waals surface area (Å²) in [5.74, 6) is 0.166. The van der Waals surface area contributed by atoms with Crippen molar-refractivity contribution >= 4 is 45.9 Å². The van der Waals surface area contributed by atoms with E-state index >= 15 is 0 Å². The summed E-state index contributed by atoms with van der Waals surface area (Å²) >= 11 is 13.6. The molecule has 0 amide bonds. The lowest BCUT2D eigenvalue weighted by Gasteiger charge is -2.11. The molecule has 0 aromatic carbocycles. The molecule has 1 unspecified atom stereocenters. The molecule has 0 aromatic heterocycles. The average molecular weight is 211 g/mol. The molecule has 6 heteroatoms. The highest BCUT2D eigenvalue weighted by molar-refractivity contribution is 7.84. The first-order valence-corrected chi connectivity index (χ1v) is 4.45. The first kappa shape index (κ1) is 9.98. The molecular weight excluding hydrogens is 206 g/mol. The molecule has 0 aromatic rings. The number of hydrogen-bond acceptors (Lipinski definition) is 1. The van der Waals surface area contributed by atoms with Crippen LogP contribution in [0.1, 0.15) is 6.42 Å². The second-order valence-corrected chi connectivity index (χ2v) is 4.83. The summed E-state index contributed by atoms with van der Waals surface area (Å²) in [5.41, 5.74) is 0. The molecule has 0 saturated carbocycles. The van der Waals surface area contributed by atoms with Crippen LogP contribution in [0.4, 0.5) is 0 Å². The van der Waals surface area contributed by atoms with Gasteiger partial charge in [0.1, 0.15) is 0 Å². The second kappa shape index (κ2) is 3.98. The third-order valence-electron chi connectivity index (χ3n) is 0.641. The van der Waals surface area contributed by atoms with Gasteiger partial charge in [0.15, 0.2) is 11.1 Å². The quantitative estimate of drug-likeness (QED) is 0.572. The monoisotopic (exact) mass is 210 g/mol. The molecule has 56 valence electrons. The molecule has 0 bridgehead atoms. The Labute approximate surface area is 70.8 Å². The summed E-state index contributed by atoms with van der Waals surface area (Å²) in [6.07, 6.45) is 0.0980. The molecule has 0 spiro atoms. The minimum absolute atomic E-state index is 0.0980. The SMILES string of the molecule is O=S(O)C(Cl)(Cl)CCCl. The lowest BCUT2D eigenvalue weighted by molar-refractivity contribution is 0.554. The molecule has 0 radical (unpaired) electrons. The maximum absolute atomic E-state index is 10.2. The molecule has 0 aliphatic carbocycles. The van der Waals surface area contributed by atoms with Gasteiger partial charge < -0.3 is 4.55 Å². The Morgan fingerprint density at radius 2 is 2.00 bits per heavy atom. The van der Waals surface area contributed by atoms with E-state index in [-0.39, 0.29) is 12.3 Å². The van der Waals surface area contributed by atoms with Gasteiger partial charge in [0.05, 0.1) is 0 Å². The maximum atomic E-state index is 10.2. The van der Waals surface area contributed by atoms with Crippen molar-refractivity contribution in [3.05, 3.63) is 0 Å². The van der Waals surface area contributed by atoms with E-state index in [0.717, 1.165) is 0 Å². The fourth-order valence-corrected chi connectivity index (χ4v) is 1.25. The van der Waals surface area contributed by atoms with Gasteiger partial charge in [0.2, 0.25) is 3.67 Å². The van der Waals surface area contributed by atoms with Crippen LogP contribution in [0.2, 0.25) is 0 Å². The summed E-state index contributed by atoms with van der Waals surface area (Å²) in [6.45, 7) is 0. The Morgan fingerprint density at radius 1 is 1.56 bits per heavy atom. The van der Waals surface area contributed by atoms with Crippen molar-refractivity contribution in [2.45, 2.75) is 10.1 Å². The van der Waals surface area contributed by atoms with Crippen LogP contribution in [-0.4, -0.2) is 18.3 Å². The van der Waals surface area contributed by atoms with Crippen LogP contribution in [-0.2, 0) is 11.1 Å². The fourth-order valence-electron chi connectivity index (χ4n) is 0.197. The highest BCUT2D eigenvalue weighted by Gasteiger charge is 2.30. The molecule has 0 saturated heterocycles. The summed E-state index contributed by atoms with van der Waals surface area (Å²) in [4.78, 5) is 0. The molecule has 2 nitrogen and oxygen atoms in total. The normalized spacial score (nSPS) is 15.6. The fraction of sp³-hybridized carbons (Fsp3) is 1.00. The first-order valence-electron chi connectivity index (χ1n) is 2.05. The van der Waals surface area contributed by atoms with Crippen LogP contribution >= 0.6 is 34.8 Å². The zero-order chi connectivity index (χ0) is 7.49. The van der Waals surface area contributed by atoms with E-state index in [1.165, 1.54) is 0 Å². The van der Waals surface area contributed by atoms with Crippen molar-refractivity contribution in [3.63, 3.8) is 0 Å². The smallest absolute Gasteiger partial charge is 0.218 e. The van der Waals surface area contributed by atoms with Gasteiger partial charge in [-0.2, -0.15) is 0 Å². The largest absolute Gasteiger partial charge is 0.304 e. The number of halogens is 3. The third kappa shape index (κ3) is 3.63. The van der Waals surface area contributed by atoms with E-state index < -0.39 is 14.7 Å². The van der Waals surface area contributed by atoms with Gasteiger partial charge in [-0.05, 0) is 0 Å². The molecule has 0 aliphatic heterocycles. The van der Waals surface area contributed by atoms with E-state index in [0.29, 0.717) is 0 Å². The van der Waals surface area contributed by atoms with Crippen molar-refractivity contribution in [1.29, 1.82) is 0 Å². The van der Waals surface area contributed by atoms with Crippen molar-refractivity contribution in [1.82, 2.24) is 0 Å². The van der Waals surface area contributed by atoms with E-state index in [1.807, 2.05) is 0 Å². The van der Waals surface area contributed by atoms with Gasteiger partial charge in [-0.15, -0.1) is 11.6 Å². The Hall–Kier alpha value is 0.980. The molecule has 0 aliphatic rings. The van der Waals surface area contributed by atoms with Gasteiger partial charge in [-0.3, -0.25) is 0 Å². The highest BCUT2D eigenvalue weighted by atomic mass is 35.5. The number of rotatable bonds is 3. The molecule has 1 atom stereocenters. The van der Waals surface area contributed by atoms with E-state index in [4.69, 9.17) is 39.4 Å². The van der Waals surface area contributed by atoms with Gasteiger partial charge in [-0.1, -0.05) is 23.2 Å². The van der Waals surface area contributed by atoms with Crippen LogP contribution < -0.4 is 0 Å². The van der Waals surface area contributed by atoms with E-state index in [9.17, 15) is 4.21 Å². The lowest BCUT2D eigenvalue weighted by atomic mass is 10.6. The molecular formula is C3H5Cl3O2S. The predicted octanol–water partition coefficient (Wildman–Crippen LogP) is 1.97. The highest BCUT2D eigenvalue weighted by Crippen LogP contribution is 2.28. The Bertz CT molecular complexity index is 116. The van der Waals surface area contributed by atoms with Crippen molar-refractivity contribution in [3.8, 4) is 0 Å². The number of hydrogen-bond donors (Lipinski definition) is 1. The van der Waals surface area contributed by atoms with Crippen molar-refractivity contribution in [2.24, 2.45) is 0 Å². The van der Waals surface area contributed by atoms with Crippen LogP contribution in [0, 0.1) is 0 Å². The Balaban J connectivity index is 3.85. The zero-order valence-corrected chi connectivity index (χ0v) is 7.40. The van der Waals surface area contributed by atoms with Gasteiger partial charge in [0.25, 0.3) is 0 Å². The van der Waals surface area contributed by atoms with Crippen LogP contribution in [0.25, 0.3) is 0 Å². The van der Waals surface area contributed by atoms with Crippen molar-refractivity contribution < 1.29 is 8.76 Å². The Kier molecular flexibility index (Phi) is 4.42. The minimum atomic E-state index is -2.23. The average Bonchev–Trinajstić information content (AvgIpc) is 1.65. The van der Waals surface area contributed by atoms with Crippen LogP contribution in [0.15, 0.2) is 0 Å². The topological polar surface area (TPSA) is 37.3 Å². The molecule has 0 fully saturated rings. The molecule has 0 rings (SSSR count). The van der Waals surface area contributed by atoms with Crippen molar-refractivity contribution in [2.75, 3.05) is 5.88 Å². The van der Waals surface area contributed by atoms with Gasteiger partial charge in [0, 0.05) is 12.3 Å². The van der Waals surface area contributed by atoms with Crippen LogP contribution in [0.5, 0.6) is 0 Å². The maximum Gasteiger partial charge on any atom is 0.218 e. The first-order chi connectivity index (χ1) is 4.00. The third-order valence-corrected chi connectivity index (χ3v) is 2.72. The van der Waals surface area contributed by atoms with Crippen LogP contribution in [0.3, 0.4) is 0 Å². The summed E-state index contributed by atoms with van der Waals surface area (Å²) in [5, 5.41) is 0. The molecule has 0 heterocycles. The summed E-state index contributed by atoms with van der Waals surface area (Å²) in [6, 6.07) is 0. The zero-order valence-electron chi connectivity index (χ0n) is 4.31. The standard InChI is InChI=1S/C3H5Cl3O2S/c4-2-1-3(5,6)9(7)8/h1-2H2,(H,7,8). The number of alkyl halides is 3. The predicted molar refractivity (Wildman–Crippen MR) is 40.5 cm³/mol. The van der Waals surface area contributed by atoms with E-state index in [2.05, 4.69) is 0 Å². The van der Waals surface area contributed by atoms with E-state index in [1.54, 1.807) is 0 Å². The summed E-state index contributed by atoms with van der Waals surface area (Å²) < 4.78 is 17.0. The van der Waals surface area contributed by atoms with Gasteiger partial charge >= 0.3 is 0 Å². The minimum Gasteiger partial charge on any atom is -0.304 e.